The van der Waals surface area contributed by atoms with E-state index in [1.165, 1.54) is 4.31 Å². The fourth-order valence-electron chi connectivity index (χ4n) is 3.04. The molecule has 1 N–H and O–H groups in total. The molecule has 0 unspecified atom stereocenters. The summed E-state index contributed by atoms with van der Waals surface area (Å²) in [5, 5.41) is 2.82. The van der Waals surface area contributed by atoms with Gasteiger partial charge in [-0.25, -0.2) is 17.2 Å². The lowest BCUT2D eigenvalue weighted by molar-refractivity contribution is -0.117. The third kappa shape index (κ3) is 4.73. The third-order valence-corrected chi connectivity index (χ3v) is 6.42. The Balaban J connectivity index is 1.56. The van der Waals surface area contributed by atoms with Crippen molar-refractivity contribution in [3.8, 4) is 0 Å². The van der Waals surface area contributed by atoms with Crippen LogP contribution in [0.25, 0.3) is 0 Å². The molecule has 0 radical (unpaired) electrons. The van der Waals surface area contributed by atoms with E-state index in [1.54, 1.807) is 6.07 Å². The Hall–Kier alpha value is -2.36. The van der Waals surface area contributed by atoms with Gasteiger partial charge in [-0.3, -0.25) is 9.69 Å². The van der Waals surface area contributed by atoms with Crippen molar-refractivity contribution in [1.29, 1.82) is 0 Å². The summed E-state index contributed by atoms with van der Waals surface area (Å²) in [4.78, 5) is 13.8. The molecule has 0 atom stereocenters. The van der Waals surface area contributed by atoms with Gasteiger partial charge in [0.25, 0.3) is 0 Å². The number of halogens is 2. The van der Waals surface area contributed by atoms with E-state index in [4.69, 9.17) is 0 Å². The summed E-state index contributed by atoms with van der Waals surface area (Å²) < 4.78 is 52.8. The second kappa shape index (κ2) is 8.34. The van der Waals surface area contributed by atoms with E-state index in [9.17, 15) is 22.0 Å². The monoisotopic (exact) mass is 409 g/mol. The molecule has 28 heavy (non-hydrogen) atoms. The largest absolute Gasteiger partial charge is 0.325 e. The van der Waals surface area contributed by atoms with Crippen molar-refractivity contribution in [2.45, 2.75) is 11.8 Å². The molecular weight excluding hydrogens is 388 g/mol. The summed E-state index contributed by atoms with van der Waals surface area (Å²) in [5.41, 5.74) is 1.75. The molecule has 1 heterocycles. The normalized spacial score (nSPS) is 16.1. The smallest absolute Gasteiger partial charge is 0.243 e. The number of carbonyl (C=O) groups is 1. The number of nitrogens with zero attached hydrogens (tertiary/aromatic N) is 2. The van der Waals surface area contributed by atoms with Gasteiger partial charge in [0.2, 0.25) is 15.9 Å². The molecule has 0 spiro atoms. The van der Waals surface area contributed by atoms with Gasteiger partial charge in [0.15, 0.2) is 11.6 Å². The molecule has 3 rings (SSSR count). The van der Waals surface area contributed by atoms with Gasteiger partial charge < -0.3 is 5.32 Å². The van der Waals surface area contributed by atoms with Gasteiger partial charge in [0, 0.05) is 31.9 Å². The average molecular weight is 409 g/mol. The first-order valence-electron chi connectivity index (χ1n) is 8.80. The molecule has 9 heteroatoms. The van der Waals surface area contributed by atoms with E-state index in [0.717, 1.165) is 17.7 Å². The lowest BCUT2D eigenvalue weighted by Crippen LogP contribution is -2.50. The maximum atomic E-state index is 13.4. The van der Waals surface area contributed by atoms with Crippen molar-refractivity contribution in [2.75, 3.05) is 38.0 Å². The van der Waals surface area contributed by atoms with Crippen molar-refractivity contribution in [3.05, 3.63) is 59.7 Å². The summed E-state index contributed by atoms with van der Waals surface area (Å²) in [6, 6.07) is 9.99. The Labute approximate surface area is 162 Å². The van der Waals surface area contributed by atoms with Gasteiger partial charge in [0.05, 0.1) is 11.4 Å². The first-order chi connectivity index (χ1) is 13.3. The zero-order valence-corrected chi connectivity index (χ0v) is 16.2. The molecule has 1 fully saturated rings. The molecule has 1 amide bonds. The Morgan fingerprint density at radius 2 is 1.75 bits per heavy atom. The van der Waals surface area contributed by atoms with Gasteiger partial charge in [-0.15, -0.1) is 0 Å². The minimum absolute atomic E-state index is 0.146. The van der Waals surface area contributed by atoms with Crippen LogP contribution in [0.3, 0.4) is 0 Å². The summed E-state index contributed by atoms with van der Waals surface area (Å²) in [6.07, 6.45) is 0. The minimum Gasteiger partial charge on any atom is -0.325 e. The van der Waals surface area contributed by atoms with Gasteiger partial charge in [-0.1, -0.05) is 12.1 Å². The Morgan fingerprint density at radius 1 is 1.04 bits per heavy atom. The number of rotatable bonds is 5. The highest BCUT2D eigenvalue weighted by molar-refractivity contribution is 7.89. The van der Waals surface area contributed by atoms with Crippen molar-refractivity contribution in [3.63, 3.8) is 0 Å². The molecule has 0 aliphatic carbocycles. The second-order valence-electron chi connectivity index (χ2n) is 6.67. The molecule has 0 saturated carbocycles. The zero-order valence-electron chi connectivity index (χ0n) is 15.4. The topological polar surface area (TPSA) is 69.7 Å². The molecule has 1 saturated heterocycles. The number of sulfonamides is 1. The van der Waals surface area contributed by atoms with Crippen molar-refractivity contribution in [1.82, 2.24) is 9.21 Å². The third-order valence-electron chi connectivity index (χ3n) is 4.53. The Morgan fingerprint density at radius 3 is 2.39 bits per heavy atom. The number of amides is 1. The fourth-order valence-corrected chi connectivity index (χ4v) is 4.48. The highest BCUT2D eigenvalue weighted by Crippen LogP contribution is 2.20. The number of benzene rings is 2. The van der Waals surface area contributed by atoms with Crippen LogP contribution >= 0.6 is 0 Å². The van der Waals surface area contributed by atoms with Crippen LogP contribution in [0.4, 0.5) is 14.5 Å². The summed E-state index contributed by atoms with van der Waals surface area (Å²) in [5.74, 6) is -2.47. The Kier molecular flexibility index (Phi) is 6.07. The van der Waals surface area contributed by atoms with Crippen LogP contribution in [0.1, 0.15) is 5.56 Å². The first kappa shape index (κ1) is 20.4. The zero-order chi connectivity index (χ0) is 20.3. The summed E-state index contributed by atoms with van der Waals surface area (Å²) in [6.45, 7) is 3.14. The molecule has 0 aromatic heterocycles. The first-order valence-corrected chi connectivity index (χ1v) is 10.2. The quantitative estimate of drug-likeness (QED) is 0.822. The molecule has 150 valence electrons. The van der Waals surface area contributed by atoms with Gasteiger partial charge in [0.1, 0.15) is 0 Å². The fraction of sp³-hybridized carbons (Fsp3) is 0.316. The van der Waals surface area contributed by atoms with E-state index in [-0.39, 0.29) is 30.4 Å². The van der Waals surface area contributed by atoms with Crippen LogP contribution in [-0.2, 0) is 14.8 Å². The number of anilines is 1. The lowest BCUT2D eigenvalue weighted by Gasteiger charge is -2.33. The highest BCUT2D eigenvalue weighted by Gasteiger charge is 2.29. The number of hydrogen-bond donors (Lipinski definition) is 1. The van der Waals surface area contributed by atoms with Gasteiger partial charge in [-0.2, -0.15) is 4.31 Å². The Bertz CT molecular complexity index is 974. The van der Waals surface area contributed by atoms with E-state index < -0.39 is 21.7 Å². The van der Waals surface area contributed by atoms with E-state index >= 15 is 0 Å². The predicted octanol–water partition coefficient (Wildman–Crippen LogP) is 2.22. The summed E-state index contributed by atoms with van der Waals surface area (Å²) in [7, 11) is -3.91. The number of aryl methyl sites for hydroxylation is 1. The molecule has 6 nitrogen and oxygen atoms in total. The van der Waals surface area contributed by atoms with Gasteiger partial charge in [-0.05, 0) is 42.8 Å². The maximum absolute atomic E-state index is 13.4. The maximum Gasteiger partial charge on any atom is 0.243 e. The van der Waals surface area contributed by atoms with Gasteiger partial charge >= 0.3 is 0 Å². The highest BCUT2D eigenvalue weighted by atomic mass is 32.2. The molecule has 1 aliphatic heterocycles. The van der Waals surface area contributed by atoms with Crippen LogP contribution in [0, 0.1) is 18.6 Å². The van der Waals surface area contributed by atoms with Crippen LogP contribution in [0.5, 0.6) is 0 Å². The number of carbonyl (C=O) groups excluding carboxylic acids is 1. The average Bonchev–Trinajstić information content (AvgIpc) is 2.64. The SMILES string of the molecule is Cc1cccc(NC(=O)CN2CCN(S(=O)(=O)c3ccc(F)c(F)c3)CC2)c1. The second-order valence-corrected chi connectivity index (χ2v) is 8.61. The van der Waals surface area contributed by atoms with E-state index in [0.29, 0.717) is 24.8 Å². The standard InChI is InChI=1S/C19H21F2N3O3S/c1-14-3-2-4-15(11-14)22-19(25)13-23-7-9-24(10-8-23)28(26,27)16-5-6-17(20)18(21)12-16/h2-6,11-12H,7-10,13H2,1H3,(H,22,25). The van der Waals surface area contributed by atoms with Crippen LogP contribution < -0.4 is 5.32 Å². The number of hydrogen-bond acceptors (Lipinski definition) is 4. The van der Waals surface area contributed by atoms with E-state index in [2.05, 4.69) is 5.32 Å². The molecular formula is C19H21F2N3O3S. The van der Waals surface area contributed by atoms with Crippen LogP contribution in [-0.4, -0.2) is 56.3 Å². The van der Waals surface area contributed by atoms with Crippen molar-refractivity contribution >= 4 is 21.6 Å². The summed E-state index contributed by atoms with van der Waals surface area (Å²) >= 11 is 0. The number of nitrogens with one attached hydrogen (secondary N) is 1. The van der Waals surface area contributed by atoms with E-state index in [1.807, 2.05) is 30.0 Å². The van der Waals surface area contributed by atoms with Crippen LogP contribution in [0.15, 0.2) is 47.4 Å². The molecule has 2 aromatic carbocycles. The van der Waals surface area contributed by atoms with Crippen molar-refractivity contribution in [2.24, 2.45) is 0 Å². The molecule has 1 aliphatic rings. The van der Waals surface area contributed by atoms with Crippen LogP contribution in [0.2, 0.25) is 0 Å². The predicted molar refractivity (Wildman–Crippen MR) is 101 cm³/mol. The number of piperazine rings is 1. The lowest BCUT2D eigenvalue weighted by atomic mass is 10.2. The van der Waals surface area contributed by atoms with Crippen molar-refractivity contribution < 1.29 is 22.0 Å². The molecule has 2 aromatic rings. The minimum atomic E-state index is -3.91. The molecule has 0 bridgehead atoms.